The Morgan fingerprint density at radius 2 is 1.63 bits per heavy atom. The van der Waals surface area contributed by atoms with Crippen LogP contribution in [0.3, 0.4) is 0 Å². The lowest BCUT2D eigenvalue weighted by Crippen LogP contribution is -2.41. The Hall–Kier alpha value is -2.60. The van der Waals surface area contributed by atoms with Crippen LogP contribution in [0.1, 0.15) is 106 Å². The highest BCUT2D eigenvalue weighted by atomic mass is 19.3. The first-order valence-electron chi connectivity index (χ1n) is 15.7. The van der Waals surface area contributed by atoms with E-state index in [0.717, 1.165) is 35.2 Å². The van der Waals surface area contributed by atoms with E-state index in [-0.39, 0.29) is 5.56 Å². The number of nitrogens with one attached hydrogen (secondary N) is 1. The summed E-state index contributed by atoms with van der Waals surface area (Å²) >= 11 is 0. The summed E-state index contributed by atoms with van der Waals surface area (Å²) in [5.41, 5.74) is 3.64. The molecule has 41 heavy (non-hydrogen) atoms. The van der Waals surface area contributed by atoms with Crippen molar-refractivity contribution in [2.45, 2.75) is 96.9 Å². The second-order valence-electron chi connectivity index (χ2n) is 12.9. The lowest BCUT2D eigenvalue weighted by atomic mass is 9.85. The average Bonchev–Trinajstić information content (AvgIpc) is 2.94. The third kappa shape index (κ3) is 6.74. The van der Waals surface area contributed by atoms with E-state index in [2.05, 4.69) is 42.3 Å². The highest BCUT2D eigenvalue weighted by Crippen LogP contribution is 2.44. The number of fused-ring (bicyclic) bond motifs is 11. The monoisotopic (exact) mass is 565 g/mol. The van der Waals surface area contributed by atoms with Crippen molar-refractivity contribution in [3.8, 4) is 0 Å². The van der Waals surface area contributed by atoms with E-state index in [1.54, 1.807) is 12.1 Å². The molecular formula is C35H46F3N3. The first-order chi connectivity index (χ1) is 19.6. The molecule has 3 nitrogen and oxygen atoms in total. The lowest BCUT2D eigenvalue weighted by molar-refractivity contribution is -0.0886. The number of anilines is 1. The zero-order chi connectivity index (χ0) is 29.1. The minimum atomic E-state index is -3.21. The molecule has 3 atom stereocenters. The summed E-state index contributed by atoms with van der Waals surface area (Å²) in [6.07, 6.45) is 7.99. The third-order valence-electron chi connectivity index (χ3n) is 9.51. The minimum Gasteiger partial charge on any atom is -0.378 e. The molecule has 222 valence electrons. The summed E-state index contributed by atoms with van der Waals surface area (Å²) in [6.45, 7) is 10.6. The van der Waals surface area contributed by atoms with Crippen LogP contribution in [0.25, 0.3) is 10.9 Å². The molecule has 1 N–H and O–H groups in total. The number of alkyl halides is 2. The zero-order valence-corrected chi connectivity index (χ0v) is 25.2. The van der Waals surface area contributed by atoms with Gasteiger partial charge in [-0.05, 0) is 88.2 Å². The van der Waals surface area contributed by atoms with Crippen molar-refractivity contribution < 1.29 is 13.2 Å². The number of piperidine rings is 1. The number of nitrogens with zero attached hydrogens (tertiary/aromatic N) is 2. The zero-order valence-electron chi connectivity index (χ0n) is 25.2. The molecule has 0 radical (unpaired) electrons. The molecule has 1 fully saturated rings. The standard InChI is InChI=1S/C35H46F3N3/c1-23-10-7-5-6-8-11-24(2)27-14-15-32-30(21-27)33(20-25(3)39-32)40-26(4)29-12-9-13-31(34(29)36)35(37,38)28-16-18-41(22-23)19-17-28/h9,12-15,20-21,23-24,26,28,40H,5-8,10-11,16-19,22H2,1-4H3/t23?,24?,26-/m1/s1. The average molecular weight is 566 g/mol. The fourth-order valence-electron chi connectivity index (χ4n) is 6.95. The minimum absolute atomic E-state index is 0.263. The largest absolute Gasteiger partial charge is 0.378 e. The summed E-state index contributed by atoms with van der Waals surface area (Å²) in [7, 11) is 0. The Bertz CT molecular complexity index is 1330. The fraction of sp³-hybridized carbons (Fsp3) is 0.571. The van der Waals surface area contributed by atoms with Crippen molar-refractivity contribution in [2.75, 3.05) is 25.0 Å². The van der Waals surface area contributed by atoms with Crippen molar-refractivity contribution in [1.29, 1.82) is 0 Å². The van der Waals surface area contributed by atoms with E-state index in [9.17, 15) is 0 Å². The summed E-state index contributed by atoms with van der Waals surface area (Å²) in [5.74, 6) is -3.88. The number of halogens is 3. The molecule has 6 heteroatoms. The number of pyridine rings is 1. The van der Waals surface area contributed by atoms with Gasteiger partial charge in [0.05, 0.1) is 17.1 Å². The number of hydrogen-bond acceptors (Lipinski definition) is 3. The van der Waals surface area contributed by atoms with E-state index in [1.165, 1.54) is 43.7 Å². The number of aromatic nitrogens is 1. The Labute approximate surface area is 243 Å². The molecule has 0 saturated carbocycles. The van der Waals surface area contributed by atoms with E-state index in [0.29, 0.717) is 37.8 Å². The molecule has 1 saturated heterocycles. The van der Waals surface area contributed by atoms with Crippen LogP contribution in [0.4, 0.5) is 18.9 Å². The summed E-state index contributed by atoms with van der Waals surface area (Å²) in [4.78, 5) is 7.06. The second kappa shape index (κ2) is 12.7. The van der Waals surface area contributed by atoms with Gasteiger partial charge in [0.25, 0.3) is 5.92 Å². The molecule has 6 bridgehead atoms. The van der Waals surface area contributed by atoms with Gasteiger partial charge in [0, 0.05) is 34.8 Å². The van der Waals surface area contributed by atoms with Crippen LogP contribution < -0.4 is 5.32 Å². The van der Waals surface area contributed by atoms with Crippen molar-refractivity contribution >= 4 is 16.6 Å². The van der Waals surface area contributed by atoms with Crippen LogP contribution in [-0.2, 0) is 5.92 Å². The molecule has 0 spiro atoms. The van der Waals surface area contributed by atoms with Crippen LogP contribution in [0, 0.1) is 24.6 Å². The molecule has 1 aromatic heterocycles. The number of benzene rings is 2. The van der Waals surface area contributed by atoms with Gasteiger partial charge in [-0.3, -0.25) is 4.98 Å². The van der Waals surface area contributed by atoms with Crippen LogP contribution in [0.15, 0.2) is 42.5 Å². The van der Waals surface area contributed by atoms with Gasteiger partial charge >= 0.3 is 0 Å². The molecule has 6 rings (SSSR count). The molecule has 3 aliphatic heterocycles. The van der Waals surface area contributed by atoms with Gasteiger partial charge in [-0.15, -0.1) is 0 Å². The summed E-state index contributed by atoms with van der Waals surface area (Å²) in [5, 5.41) is 4.44. The third-order valence-corrected chi connectivity index (χ3v) is 9.51. The first kappa shape index (κ1) is 29.9. The van der Waals surface area contributed by atoms with Crippen molar-refractivity contribution in [1.82, 2.24) is 9.88 Å². The van der Waals surface area contributed by atoms with Gasteiger partial charge in [-0.25, -0.2) is 13.2 Å². The molecule has 0 amide bonds. The van der Waals surface area contributed by atoms with Gasteiger partial charge in [0.1, 0.15) is 5.82 Å². The Kier molecular flexibility index (Phi) is 9.27. The maximum absolute atomic E-state index is 15.9. The van der Waals surface area contributed by atoms with Crippen molar-refractivity contribution in [3.63, 3.8) is 0 Å². The number of rotatable bonds is 0. The maximum atomic E-state index is 15.9. The van der Waals surface area contributed by atoms with E-state index in [4.69, 9.17) is 4.98 Å². The molecule has 0 aliphatic carbocycles. The first-order valence-corrected chi connectivity index (χ1v) is 15.7. The Balaban J connectivity index is 1.49. The number of hydrogen-bond donors (Lipinski definition) is 1. The summed E-state index contributed by atoms with van der Waals surface area (Å²) in [6, 6.07) is 12.4. The number of aryl methyl sites for hydroxylation is 1. The highest BCUT2D eigenvalue weighted by molar-refractivity contribution is 5.92. The maximum Gasteiger partial charge on any atom is 0.278 e. The Morgan fingerprint density at radius 3 is 2.39 bits per heavy atom. The van der Waals surface area contributed by atoms with Crippen LogP contribution in [0.2, 0.25) is 0 Å². The Morgan fingerprint density at radius 1 is 0.902 bits per heavy atom. The van der Waals surface area contributed by atoms with Crippen molar-refractivity contribution in [3.05, 3.63) is 70.7 Å². The van der Waals surface area contributed by atoms with E-state index in [1.807, 2.05) is 19.9 Å². The van der Waals surface area contributed by atoms with Gasteiger partial charge < -0.3 is 10.2 Å². The molecule has 2 unspecified atom stereocenters. The van der Waals surface area contributed by atoms with E-state index < -0.39 is 29.3 Å². The van der Waals surface area contributed by atoms with Crippen molar-refractivity contribution in [2.24, 2.45) is 11.8 Å². The predicted octanol–water partition coefficient (Wildman–Crippen LogP) is 9.75. The summed E-state index contributed by atoms with van der Waals surface area (Å²) < 4.78 is 47.7. The highest BCUT2D eigenvalue weighted by Gasteiger charge is 2.45. The molecule has 3 aliphatic rings. The topological polar surface area (TPSA) is 28.2 Å². The second-order valence-corrected chi connectivity index (χ2v) is 12.9. The van der Waals surface area contributed by atoms with Gasteiger partial charge in [-0.1, -0.05) is 63.8 Å². The smallest absolute Gasteiger partial charge is 0.278 e. The molecule has 2 aromatic carbocycles. The van der Waals surface area contributed by atoms with Crippen LogP contribution >= 0.6 is 0 Å². The van der Waals surface area contributed by atoms with Gasteiger partial charge in [0.15, 0.2) is 0 Å². The van der Waals surface area contributed by atoms with Crippen LogP contribution in [0.5, 0.6) is 0 Å². The lowest BCUT2D eigenvalue weighted by Gasteiger charge is -2.37. The normalized spacial score (nSPS) is 27.9. The predicted molar refractivity (Wildman–Crippen MR) is 163 cm³/mol. The quantitative estimate of drug-likeness (QED) is 0.294. The van der Waals surface area contributed by atoms with E-state index >= 15 is 13.2 Å². The molecular weight excluding hydrogens is 519 g/mol. The molecule has 4 heterocycles. The van der Waals surface area contributed by atoms with Gasteiger partial charge in [0.2, 0.25) is 0 Å². The SMILES string of the molecule is Cc1cc2c3cc(ccc3n1)C(C)CCCCCCC(C)CN1CCC(CC1)C(F)(F)c1cccc(c1F)[C@@H](C)N2. The van der Waals surface area contributed by atoms with Crippen LogP contribution in [-0.4, -0.2) is 29.5 Å². The van der Waals surface area contributed by atoms with Gasteiger partial charge in [-0.2, -0.15) is 0 Å². The molecule has 3 aromatic rings. The fourth-order valence-corrected chi connectivity index (χ4v) is 6.95.